The Hall–Kier alpha value is -2.86. The molecule has 1 saturated heterocycles. The number of nitro benzene ring substituents is 1. The molecule has 0 unspecified atom stereocenters. The second-order valence-electron chi connectivity index (χ2n) is 5.92. The Morgan fingerprint density at radius 3 is 2.70 bits per heavy atom. The van der Waals surface area contributed by atoms with Crippen LogP contribution in [0.4, 0.5) is 5.69 Å². The molecule has 0 amide bonds. The summed E-state index contributed by atoms with van der Waals surface area (Å²) in [5.41, 5.74) is -1.26. The molecule has 3 rings (SSSR count). The number of aromatic nitrogens is 2. The van der Waals surface area contributed by atoms with Gasteiger partial charge in [-0.05, 0) is 6.07 Å². The number of H-pyrrole nitrogens is 1. The van der Waals surface area contributed by atoms with E-state index in [1.165, 1.54) is 24.4 Å². The van der Waals surface area contributed by atoms with Gasteiger partial charge in [-0.15, -0.1) is 0 Å². The maximum absolute atomic E-state index is 12.0. The summed E-state index contributed by atoms with van der Waals surface area (Å²) >= 11 is 0. The van der Waals surface area contributed by atoms with E-state index in [9.17, 15) is 29.9 Å². The van der Waals surface area contributed by atoms with Crippen LogP contribution in [0, 0.1) is 10.1 Å². The minimum atomic E-state index is -1.29. The van der Waals surface area contributed by atoms with E-state index in [4.69, 9.17) is 9.47 Å². The molecule has 2 aromatic rings. The molecule has 1 aromatic heterocycles. The molecule has 0 aliphatic carbocycles. The summed E-state index contributed by atoms with van der Waals surface area (Å²) in [6.45, 7) is -0.754. The zero-order valence-electron chi connectivity index (χ0n) is 13.9. The molecule has 0 spiro atoms. The van der Waals surface area contributed by atoms with Crippen molar-refractivity contribution in [1.82, 2.24) is 9.55 Å². The van der Waals surface area contributed by atoms with Crippen molar-refractivity contribution < 1.29 is 24.6 Å². The van der Waals surface area contributed by atoms with Gasteiger partial charge in [0.15, 0.2) is 6.23 Å². The van der Waals surface area contributed by atoms with Crippen LogP contribution in [0.3, 0.4) is 0 Å². The number of aromatic amines is 1. The Morgan fingerprint density at radius 2 is 2.04 bits per heavy atom. The highest BCUT2D eigenvalue weighted by Gasteiger charge is 2.45. The number of nitro groups is 1. The lowest BCUT2D eigenvalue weighted by atomic mass is 10.1. The molecule has 11 heteroatoms. The number of ether oxygens (including phenoxy) is 2. The zero-order valence-corrected chi connectivity index (χ0v) is 13.9. The molecule has 1 aromatic carbocycles. The van der Waals surface area contributed by atoms with E-state index in [-0.39, 0.29) is 17.9 Å². The molecule has 0 bridgehead atoms. The SMILES string of the molecule is O=c1ccn([C@@H]2O[C@H](CO)[C@@H](O)[C@H]2OCc2ccccc2[N+](=O)[O-])c(=O)[nH]1. The number of aliphatic hydroxyl groups is 2. The van der Waals surface area contributed by atoms with Gasteiger partial charge in [-0.2, -0.15) is 0 Å². The van der Waals surface area contributed by atoms with Crippen LogP contribution < -0.4 is 11.2 Å². The molecule has 4 atom stereocenters. The van der Waals surface area contributed by atoms with E-state index < -0.39 is 47.3 Å². The van der Waals surface area contributed by atoms with Crippen LogP contribution in [-0.2, 0) is 16.1 Å². The minimum Gasteiger partial charge on any atom is -0.394 e. The van der Waals surface area contributed by atoms with E-state index in [0.717, 1.165) is 10.6 Å². The number of aliphatic hydroxyl groups excluding tert-OH is 2. The molecule has 0 saturated carbocycles. The first kappa shape index (κ1) is 18.9. The van der Waals surface area contributed by atoms with Crippen molar-refractivity contribution in [3.8, 4) is 0 Å². The van der Waals surface area contributed by atoms with Gasteiger partial charge in [-0.25, -0.2) is 4.79 Å². The quantitative estimate of drug-likeness (QED) is 0.438. The average molecular weight is 379 g/mol. The topological polar surface area (TPSA) is 157 Å². The predicted octanol–water partition coefficient (Wildman–Crippen LogP) is -0.719. The van der Waals surface area contributed by atoms with Crippen molar-refractivity contribution in [2.45, 2.75) is 31.1 Å². The van der Waals surface area contributed by atoms with E-state index >= 15 is 0 Å². The Labute approximate surface area is 151 Å². The van der Waals surface area contributed by atoms with Gasteiger partial charge < -0.3 is 19.7 Å². The van der Waals surface area contributed by atoms with Gasteiger partial charge in [0.1, 0.15) is 18.3 Å². The molecule has 144 valence electrons. The fourth-order valence-electron chi connectivity index (χ4n) is 2.90. The summed E-state index contributed by atoms with van der Waals surface area (Å²) in [5.74, 6) is 0. The highest BCUT2D eigenvalue weighted by Crippen LogP contribution is 2.32. The maximum Gasteiger partial charge on any atom is 0.330 e. The van der Waals surface area contributed by atoms with Crippen LogP contribution in [0.1, 0.15) is 11.8 Å². The third kappa shape index (κ3) is 3.80. The first-order chi connectivity index (χ1) is 12.9. The van der Waals surface area contributed by atoms with Crippen molar-refractivity contribution in [3.63, 3.8) is 0 Å². The number of benzene rings is 1. The molecule has 1 fully saturated rings. The van der Waals surface area contributed by atoms with Crippen LogP contribution in [0.5, 0.6) is 0 Å². The minimum absolute atomic E-state index is 0.151. The molecule has 3 N–H and O–H groups in total. The summed E-state index contributed by atoms with van der Waals surface area (Å²) in [7, 11) is 0. The number of para-hydroxylation sites is 1. The van der Waals surface area contributed by atoms with Crippen molar-refractivity contribution in [2.24, 2.45) is 0 Å². The smallest absolute Gasteiger partial charge is 0.330 e. The number of hydrogen-bond donors (Lipinski definition) is 3. The molecule has 1 aliphatic rings. The van der Waals surface area contributed by atoms with Crippen LogP contribution in [0.25, 0.3) is 0 Å². The van der Waals surface area contributed by atoms with Gasteiger partial charge in [0.05, 0.1) is 23.7 Å². The summed E-state index contributed by atoms with van der Waals surface area (Å²) in [6, 6.07) is 7.04. The van der Waals surface area contributed by atoms with E-state index in [1.54, 1.807) is 6.07 Å². The largest absolute Gasteiger partial charge is 0.394 e. The first-order valence-electron chi connectivity index (χ1n) is 8.02. The summed E-state index contributed by atoms with van der Waals surface area (Å²) in [5, 5.41) is 30.8. The molecule has 0 radical (unpaired) electrons. The predicted molar refractivity (Wildman–Crippen MR) is 90.0 cm³/mol. The Balaban J connectivity index is 1.88. The van der Waals surface area contributed by atoms with Gasteiger partial charge in [-0.3, -0.25) is 24.5 Å². The monoisotopic (exact) mass is 379 g/mol. The highest BCUT2D eigenvalue weighted by molar-refractivity contribution is 5.39. The summed E-state index contributed by atoms with van der Waals surface area (Å²) < 4.78 is 12.1. The molecule has 27 heavy (non-hydrogen) atoms. The van der Waals surface area contributed by atoms with Gasteiger partial charge in [0, 0.05) is 18.3 Å². The van der Waals surface area contributed by atoms with E-state index in [1.807, 2.05) is 0 Å². The van der Waals surface area contributed by atoms with Crippen LogP contribution in [0.15, 0.2) is 46.1 Å². The van der Waals surface area contributed by atoms with Crippen LogP contribution >= 0.6 is 0 Å². The molecule has 11 nitrogen and oxygen atoms in total. The van der Waals surface area contributed by atoms with Gasteiger partial charge >= 0.3 is 5.69 Å². The number of hydrogen-bond acceptors (Lipinski definition) is 8. The fraction of sp³-hybridized carbons (Fsp3) is 0.375. The highest BCUT2D eigenvalue weighted by atomic mass is 16.6. The van der Waals surface area contributed by atoms with E-state index in [2.05, 4.69) is 4.98 Å². The average Bonchev–Trinajstić information content (AvgIpc) is 2.95. The fourth-order valence-corrected chi connectivity index (χ4v) is 2.90. The first-order valence-corrected chi connectivity index (χ1v) is 8.02. The lowest BCUT2D eigenvalue weighted by Crippen LogP contribution is -2.39. The second kappa shape index (κ2) is 7.80. The van der Waals surface area contributed by atoms with Gasteiger partial charge in [-0.1, -0.05) is 12.1 Å². The third-order valence-electron chi connectivity index (χ3n) is 4.24. The van der Waals surface area contributed by atoms with Crippen molar-refractivity contribution in [1.29, 1.82) is 0 Å². The molecule has 2 heterocycles. The normalized spacial score (nSPS) is 24.8. The van der Waals surface area contributed by atoms with Gasteiger partial charge in [0.25, 0.3) is 11.2 Å². The lowest BCUT2D eigenvalue weighted by molar-refractivity contribution is -0.386. The van der Waals surface area contributed by atoms with E-state index in [0.29, 0.717) is 0 Å². The maximum atomic E-state index is 12.0. The number of nitrogens with one attached hydrogen (secondary N) is 1. The van der Waals surface area contributed by atoms with Crippen LogP contribution in [-0.4, -0.2) is 49.6 Å². The molecule has 1 aliphatic heterocycles. The number of rotatable bonds is 6. The standard InChI is InChI=1S/C16H17N3O8/c20-7-11-13(22)14(15(27-11)18-6-5-12(21)17-16(18)23)26-8-9-3-1-2-4-10(9)19(24)25/h1-6,11,13-15,20,22H,7-8H2,(H,17,21,23)/t11-,13-,14-,15-/m1/s1. The molecular weight excluding hydrogens is 362 g/mol. The third-order valence-corrected chi connectivity index (χ3v) is 4.24. The number of nitrogens with zero attached hydrogens (tertiary/aromatic N) is 2. The Kier molecular flexibility index (Phi) is 5.46. The van der Waals surface area contributed by atoms with Crippen molar-refractivity contribution >= 4 is 5.69 Å². The van der Waals surface area contributed by atoms with Gasteiger partial charge in [0.2, 0.25) is 0 Å². The lowest BCUT2D eigenvalue weighted by Gasteiger charge is -2.22. The second-order valence-corrected chi connectivity index (χ2v) is 5.92. The van der Waals surface area contributed by atoms with Crippen LogP contribution in [0.2, 0.25) is 0 Å². The summed E-state index contributed by atoms with van der Waals surface area (Å²) in [4.78, 5) is 35.9. The van der Waals surface area contributed by atoms with Crippen molar-refractivity contribution in [2.75, 3.05) is 6.61 Å². The summed E-state index contributed by atoms with van der Waals surface area (Å²) in [6.07, 6.45) is -3.37. The zero-order chi connectivity index (χ0) is 19.6. The Morgan fingerprint density at radius 1 is 1.30 bits per heavy atom. The van der Waals surface area contributed by atoms with Crippen molar-refractivity contribution in [3.05, 3.63) is 73.0 Å². The molecular formula is C16H17N3O8. The Bertz CT molecular complexity index is 940.